The first kappa shape index (κ1) is 10.3. The van der Waals surface area contributed by atoms with E-state index < -0.39 is 0 Å². The lowest BCUT2D eigenvalue weighted by molar-refractivity contribution is 0.502. The van der Waals surface area contributed by atoms with Crippen molar-refractivity contribution < 1.29 is 0 Å². The number of hydrogen-bond donors (Lipinski definition) is 2. The molecule has 0 aromatic heterocycles. The van der Waals surface area contributed by atoms with Crippen LogP contribution in [-0.4, -0.2) is 19.1 Å². The summed E-state index contributed by atoms with van der Waals surface area (Å²) in [4.78, 5) is 0. The normalized spacial score (nSPS) is 24.2. The van der Waals surface area contributed by atoms with Crippen molar-refractivity contribution >= 4 is 0 Å². The lowest BCUT2D eigenvalue weighted by Crippen LogP contribution is -2.35. The lowest BCUT2D eigenvalue weighted by atomic mass is 9.89. The van der Waals surface area contributed by atoms with E-state index in [9.17, 15) is 0 Å². The number of rotatable bonds is 3. The highest BCUT2D eigenvalue weighted by atomic mass is 15.0. The third kappa shape index (κ3) is 2.13. The maximum Gasteiger partial charge on any atom is 0.0208 e. The highest BCUT2D eigenvalue weighted by Crippen LogP contribution is 2.26. The molecular formula is C14H20N2. The molecule has 1 aromatic carbocycles. The van der Waals surface area contributed by atoms with Crippen LogP contribution in [-0.2, 0) is 6.54 Å². The molecule has 1 aliphatic heterocycles. The molecule has 2 aliphatic rings. The van der Waals surface area contributed by atoms with Gasteiger partial charge in [-0.1, -0.05) is 23.8 Å². The summed E-state index contributed by atoms with van der Waals surface area (Å²) in [7, 11) is 0. The van der Waals surface area contributed by atoms with Crippen LogP contribution in [0.4, 0.5) is 0 Å². The van der Waals surface area contributed by atoms with Crippen LogP contribution < -0.4 is 10.6 Å². The van der Waals surface area contributed by atoms with Crippen LogP contribution in [0.25, 0.3) is 0 Å². The lowest BCUT2D eigenvalue weighted by Gasteiger charge is -2.27. The van der Waals surface area contributed by atoms with Crippen molar-refractivity contribution in [2.75, 3.05) is 13.1 Å². The van der Waals surface area contributed by atoms with Crippen molar-refractivity contribution in [2.45, 2.75) is 38.3 Å². The van der Waals surface area contributed by atoms with Crippen molar-refractivity contribution in [3.8, 4) is 0 Å². The van der Waals surface area contributed by atoms with Gasteiger partial charge in [-0.2, -0.15) is 0 Å². The molecule has 1 aromatic rings. The smallest absolute Gasteiger partial charge is 0.0208 e. The number of aryl methyl sites for hydroxylation is 1. The van der Waals surface area contributed by atoms with Gasteiger partial charge in [-0.25, -0.2) is 0 Å². The molecule has 86 valence electrons. The second kappa shape index (κ2) is 4.19. The van der Waals surface area contributed by atoms with Crippen LogP contribution in [0.3, 0.4) is 0 Å². The molecule has 0 radical (unpaired) electrons. The minimum atomic E-state index is 0.657. The molecular weight excluding hydrogens is 196 g/mol. The van der Waals surface area contributed by atoms with Gasteiger partial charge in [0.1, 0.15) is 0 Å². The molecule has 1 aliphatic carbocycles. The van der Waals surface area contributed by atoms with Gasteiger partial charge in [0.25, 0.3) is 0 Å². The Bertz CT molecular complexity index is 382. The average Bonchev–Trinajstić information content (AvgIpc) is 3.09. The summed E-state index contributed by atoms with van der Waals surface area (Å²) >= 11 is 0. The SMILES string of the molecule is Cc1ccc2c(c1)CNCC2CNC1CC1. The van der Waals surface area contributed by atoms with Crippen LogP contribution in [0.5, 0.6) is 0 Å². The van der Waals surface area contributed by atoms with E-state index in [0.717, 1.165) is 25.7 Å². The second-order valence-electron chi connectivity index (χ2n) is 5.21. The first-order valence-electron chi connectivity index (χ1n) is 6.36. The molecule has 0 saturated heterocycles. The first-order chi connectivity index (χ1) is 7.83. The maximum absolute atomic E-state index is 3.64. The van der Waals surface area contributed by atoms with E-state index in [2.05, 4.69) is 35.8 Å². The second-order valence-corrected chi connectivity index (χ2v) is 5.21. The molecule has 16 heavy (non-hydrogen) atoms. The fourth-order valence-corrected chi connectivity index (χ4v) is 2.56. The van der Waals surface area contributed by atoms with E-state index in [-0.39, 0.29) is 0 Å². The third-order valence-electron chi connectivity index (χ3n) is 3.67. The van der Waals surface area contributed by atoms with Gasteiger partial charge in [0.15, 0.2) is 0 Å². The van der Waals surface area contributed by atoms with Crippen LogP contribution in [0.2, 0.25) is 0 Å². The Labute approximate surface area is 97.4 Å². The Morgan fingerprint density at radius 3 is 3.06 bits per heavy atom. The fourth-order valence-electron chi connectivity index (χ4n) is 2.56. The number of fused-ring (bicyclic) bond motifs is 1. The van der Waals surface area contributed by atoms with Crippen molar-refractivity contribution in [1.82, 2.24) is 10.6 Å². The minimum Gasteiger partial charge on any atom is -0.313 e. The van der Waals surface area contributed by atoms with E-state index in [1.807, 2.05) is 0 Å². The number of benzene rings is 1. The van der Waals surface area contributed by atoms with Crippen molar-refractivity contribution in [1.29, 1.82) is 0 Å². The minimum absolute atomic E-state index is 0.657. The van der Waals surface area contributed by atoms with Gasteiger partial charge in [0.2, 0.25) is 0 Å². The molecule has 0 bridgehead atoms. The first-order valence-corrected chi connectivity index (χ1v) is 6.36. The van der Waals surface area contributed by atoms with Gasteiger partial charge in [-0.05, 0) is 30.9 Å². The summed E-state index contributed by atoms with van der Waals surface area (Å²) in [6.07, 6.45) is 2.75. The molecule has 1 heterocycles. The van der Waals surface area contributed by atoms with Crippen molar-refractivity contribution in [3.63, 3.8) is 0 Å². The Morgan fingerprint density at radius 2 is 2.25 bits per heavy atom. The number of nitrogens with one attached hydrogen (secondary N) is 2. The predicted molar refractivity (Wildman–Crippen MR) is 66.7 cm³/mol. The summed E-state index contributed by atoms with van der Waals surface area (Å²) in [5, 5.41) is 7.16. The molecule has 1 fully saturated rings. The third-order valence-corrected chi connectivity index (χ3v) is 3.67. The van der Waals surface area contributed by atoms with Crippen LogP contribution in [0, 0.1) is 6.92 Å². The summed E-state index contributed by atoms with van der Waals surface area (Å²) in [5.74, 6) is 0.657. The molecule has 1 atom stereocenters. The highest BCUT2D eigenvalue weighted by molar-refractivity contribution is 5.36. The summed E-state index contributed by atoms with van der Waals surface area (Å²) in [6.45, 7) is 5.47. The molecule has 1 unspecified atom stereocenters. The fraction of sp³-hybridized carbons (Fsp3) is 0.571. The quantitative estimate of drug-likeness (QED) is 0.807. The summed E-state index contributed by atoms with van der Waals surface area (Å²) in [6, 6.07) is 7.71. The maximum atomic E-state index is 3.64. The van der Waals surface area contributed by atoms with Gasteiger partial charge in [-0.3, -0.25) is 0 Å². The summed E-state index contributed by atoms with van der Waals surface area (Å²) < 4.78 is 0. The van der Waals surface area contributed by atoms with Crippen molar-refractivity contribution in [2.24, 2.45) is 0 Å². The van der Waals surface area contributed by atoms with Gasteiger partial charge >= 0.3 is 0 Å². The van der Waals surface area contributed by atoms with E-state index in [1.54, 1.807) is 5.56 Å². The molecule has 1 saturated carbocycles. The van der Waals surface area contributed by atoms with Crippen LogP contribution >= 0.6 is 0 Å². The van der Waals surface area contributed by atoms with E-state index in [0.29, 0.717) is 5.92 Å². The van der Waals surface area contributed by atoms with Gasteiger partial charge in [-0.15, -0.1) is 0 Å². The van der Waals surface area contributed by atoms with Gasteiger partial charge < -0.3 is 10.6 Å². The van der Waals surface area contributed by atoms with E-state index >= 15 is 0 Å². The average molecular weight is 216 g/mol. The Kier molecular flexibility index (Phi) is 2.70. The largest absolute Gasteiger partial charge is 0.313 e. The zero-order valence-electron chi connectivity index (χ0n) is 9.92. The van der Waals surface area contributed by atoms with Gasteiger partial charge in [0.05, 0.1) is 0 Å². The zero-order chi connectivity index (χ0) is 11.0. The van der Waals surface area contributed by atoms with Gasteiger partial charge in [0, 0.05) is 31.6 Å². The molecule has 2 N–H and O–H groups in total. The molecule has 3 rings (SSSR count). The summed E-state index contributed by atoms with van der Waals surface area (Å²) in [5.41, 5.74) is 4.42. The molecule has 0 amide bonds. The van der Waals surface area contributed by atoms with Crippen LogP contribution in [0.15, 0.2) is 18.2 Å². The van der Waals surface area contributed by atoms with Crippen molar-refractivity contribution in [3.05, 3.63) is 34.9 Å². The standard InChI is InChI=1S/C14H20N2/c1-10-2-5-14-11(6-10)7-15-8-12(14)9-16-13-3-4-13/h2,5-6,12-13,15-16H,3-4,7-9H2,1H3. The Morgan fingerprint density at radius 1 is 1.38 bits per heavy atom. The van der Waals surface area contributed by atoms with Crippen LogP contribution in [0.1, 0.15) is 35.4 Å². The molecule has 2 heteroatoms. The van der Waals surface area contributed by atoms with E-state index in [4.69, 9.17) is 0 Å². The Hall–Kier alpha value is -0.860. The monoisotopic (exact) mass is 216 g/mol. The van der Waals surface area contributed by atoms with E-state index in [1.165, 1.54) is 24.0 Å². The predicted octanol–water partition coefficient (Wildman–Crippen LogP) is 1.93. The highest BCUT2D eigenvalue weighted by Gasteiger charge is 2.24. The Balaban J connectivity index is 1.76. The topological polar surface area (TPSA) is 24.1 Å². The number of hydrogen-bond acceptors (Lipinski definition) is 2. The molecule has 0 spiro atoms. The zero-order valence-corrected chi connectivity index (χ0v) is 9.92. The molecule has 2 nitrogen and oxygen atoms in total.